The number of fused-ring (bicyclic) bond motifs is 1. The summed E-state index contributed by atoms with van der Waals surface area (Å²) in [7, 11) is 1.50. The van der Waals surface area contributed by atoms with Gasteiger partial charge in [0.2, 0.25) is 5.91 Å². The van der Waals surface area contributed by atoms with Gasteiger partial charge in [-0.15, -0.1) is 0 Å². The second-order valence-electron chi connectivity index (χ2n) is 8.74. The number of amides is 4. The van der Waals surface area contributed by atoms with Gasteiger partial charge in [-0.25, -0.2) is 19.0 Å². The van der Waals surface area contributed by atoms with E-state index in [1.807, 2.05) is 24.3 Å². The lowest BCUT2D eigenvalue weighted by molar-refractivity contribution is -0.121. The highest BCUT2D eigenvalue weighted by molar-refractivity contribution is 6.31. The van der Waals surface area contributed by atoms with Crippen LogP contribution in [0.5, 0.6) is 0 Å². The Kier molecular flexibility index (Phi) is 11.3. The van der Waals surface area contributed by atoms with Crippen molar-refractivity contribution in [3.63, 3.8) is 0 Å². The van der Waals surface area contributed by atoms with E-state index in [4.69, 9.17) is 21.4 Å². The summed E-state index contributed by atoms with van der Waals surface area (Å²) in [6, 6.07) is 12.4. The molecule has 2 aromatic carbocycles. The van der Waals surface area contributed by atoms with Crippen LogP contribution in [0.1, 0.15) is 24.8 Å². The quantitative estimate of drug-likeness (QED) is 0.247. The minimum Gasteiger partial charge on any atom is -0.447 e. The van der Waals surface area contributed by atoms with Crippen molar-refractivity contribution in [2.45, 2.75) is 31.8 Å². The van der Waals surface area contributed by atoms with E-state index < -0.39 is 24.0 Å². The first-order valence-electron chi connectivity index (χ1n) is 12.4. The maximum absolute atomic E-state index is 13.7. The Hall–Kier alpha value is -3.96. The molecule has 0 radical (unpaired) electrons. The molecule has 0 fully saturated rings. The zero-order valence-corrected chi connectivity index (χ0v) is 22.2. The average Bonchev–Trinajstić information content (AvgIpc) is 2.93. The number of hydrogen-bond donors (Lipinski definition) is 4. The van der Waals surface area contributed by atoms with Crippen molar-refractivity contribution in [3.05, 3.63) is 71.1 Å². The van der Waals surface area contributed by atoms with Gasteiger partial charge in [-0.3, -0.25) is 10.1 Å². The SMILES string of the molecule is CN(C(=O)NCc1cccc(F)c1Cl)[C@@H](CCC(=O)NCCCO)COC(=O)Nc1cc2ccccc2cn1. The number of nitrogens with one attached hydrogen (secondary N) is 3. The molecule has 0 aliphatic heterocycles. The number of benzene rings is 2. The molecule has 0 bridgehead atoms. The van der Waals surface area contributed by atoms with Crippen molar-refractivity contribution in [2.75, 3.05) is 32.1 Å². The van der Waals surface area contributed by atoms with Crippen molar-refractivity contribution in [3.8, 4) is 0 Å². The van der Waals surface area contributed by atoms with E-state index in [1.165, 1.54) is 24.1 Å². The van der Waals surface area contributed by atoms with Gasteiger partial charge in [0.1, 0.15) is 18.2 Å². The van der Waals surface area contributed by atoms with E-state index in [0.717, 1.165) is 10.8 Å². The minimum atomic E-state index is -0.768. The van der Waals surface area contributed by atoms with Crippen molar-refractivity contribution >= 4 is 46.2 Å². The predicted octanol–water partition coefficient (Wildman–Crippen LogP) is 4.06. The van der Waals surface area contributed by atoms with Gasteiger partial charge in [0.25, 0.3) is 0 Å². The Morgan fingerprint density at radius 2 is 1.90 bits per heavy atom. The number of aliphatic hydroxyl groups is 1. The maximum Gasteiger partial charge on any atom is 0.412 e. The number of carbonyl (C=O) groups excluding carboxylic acids is 3. The van der Waals surface area contributed by atoms with Gasteiger partial charge in [0, 0.05) is 44.7 Å². The van der Waals surface area contributed by atoms with Crippen LogP contribution in [-0.2, 0) is 16.1 Å². The molecule has 12 heteroatoms. The van der Waals surface area contributed by atoms with Crippen LogP contribution in [0.15, 0.2) is 54.7 Å². The molecule has 0 aliphatic carbocycles. The first-order valence-corrected chi connectivity index (χ1v) is 12.8. The minimum absolute atomic E-state index is 0.0247. The number of ether oxygens (including phenoxy) is 1. The highest BCUT2D eigenvalue weighted by atomic mass is 35.5. The summed E-state index contributed by atoms with van der Waals surface area (Å²) in [5.74, 6) is -0.558. The largest absolute Gasteiger partial charge is 0.447 e. The zero-order valence-electron chi connectivity index (χ0n) is 21.5. The lowest BCUT2D eigenvalue weighted by atomic mass is 10.1. The number of halogens is 2. The molecule has 3 rings (SSSR count). The summed E-state index contributed by atoms with van der Waals surface area (Å²) in [5.41, 5.74) is 0.400. The molecule has 0 saturated heterocycles. The number of urea groups is 1. The molecule has 0 unspecified atom stereocenters. The molecule has 4 N–H and O–H groups in total. The molecule has 1 heterocycles. The summed E-state index contributed by atoms with van der Waals surface area (Å²) in [6.45, 7) is 0.0512. The van der Waals surface area contributed by atoms with Crippen LogP contribution in [0.4, 0.5) is 19.8 Å². The molecule has 0 spiro atoms. The Labute approximate surface area is 230 Å². The molecule has 1 aromatic heterocycles. The fraction of sp³-hybridized carbons (Fsp3) is 0.333. The fourth-order valence-corrected chi connectivity index (χ4v) is 3.89. The number of carbonyl (C=O) groups is 3. The lowest BCUT2D eigenvalue weighted by Crippen LogP contribution is -2.46. The molecular formula is C27H31ClFN5O5. The van der Waals surface area contributed by atoms with Crippen molar-refractivity contribution in [1.82, 2.24) is 20.5 Å². The standard InChI is InChI=1S/C27H31ClFN5O5/c1-34(26(37)32-16-20-8-4-9-22(29)25(20)28)21(10-11-24(36)30-12-5-13-35)17-39-27(38)33-23-14-18-6-2-3-7-19(18)15-31-23/h2-4,6-9,14-15,21,35H,5,10-13,16-17H2,1H3,(H,30,36)(H,32,37)(H,31,33,38)/t21-/m0/s1. The molecule has 10 nitrogen and oxygen atoms in total. The Morgan fingerprint density at radius 3 is 2.67 bits per heavy atom. The average molecular weight is 560 g/mol. The fourth-order valence-electron chi connectivity index (χ4n) is 3.69. The van der Waals surface area contributed by atoms with Gasteiger partial charge in [0.05, 0.1) is 11.1 Å². The highest BCUT2D eigenvalue weighted by Gasteiger charge is 2.23. The third-order valence-corrected chi connectivity index (χ3v) is 6.38. The molecule has 3 aromatic rings. The summed E-state index contributed by atoms with van der Waals surface area (Å²) >= 11 is 5.97. The second kappa shape index (κ2) is 14.8. The van der Waals surface area contributed by atoms with Gasteiger partial charge < -0.3 is 25.4 Å². The smallest absolute Gasteiger partial charge is 0.412 e. The van der Waals surface area contributed by atoms with Crippen LogP contribution in [0.25, 0.3) is 10.8 Å². The molecule has 208 valence electrons. The van der Waals surface area contributed by atoms with E-state index in [2.05, 4.69) is 20.9 Å². The normalized spacial score (nSPS) is 11.5. The molecule has 4 amide bonds. The first kappa shape index (κ1) is 29.6. The summed E-state index contributed by atoms with van der Waals surface area (Å²) in [4.78, 5) is 43.1. The van der Waals surface area contributed by atoms with Crippen LogP contribution in [0, 0.1) is 5.82 Å². The number of aliphatic hydroxyl groups excluding tert-OH is 1. The van der Waals surface area contributed by atoms with E-state index in [0.29, 0.717) is 24.3 Å². The predicted molar refractivity (Wildman–Crippen MR) is 146 cm³/mol. The number of hydrogen-bond acceptors (Lipinski definition) is 6. The van der Waals surface area contributed by atoms with Crippen LogP contribution < -0.4 is 16.0 Å². The first-order chi connectivity index (χ1) is 18.8. The van der Waals surface area contributed by atoms with Crippen LogP contribution in [-0.4, -0.2) is 65.9 Å². The summed E-state index contributed by atoms with van der Waals surface area (Å²) < 4.78 is 19.1. The molecule has 39 heavy (non-hydrogen) atoms. The number of nitrogens with zero attached hydrogens (tertiary/aromatic N) is 2. The number of anilines is 1. The number of aromatic nitrogens is 1. The summed E-state index contributed by atoms with van der Waals surface area (Å²) in [5, 5.41) is 18.5. The second-order valence-corrected chi connectivity index (χ2v) is 9.12. The van der Waals surface area contributed by atoms with Gasteiger partial charge in [-0.1, -0.05) is 48.0 Å². The van der Waals surface area contributed by atoms with Crippen LogP contribution in [0.3, 0.4) is 0 Å². The third kappa shape index (κ3) is 9.08. The topological polar surface area (TPSA) is 133 Å². The lowest BCUT2D eigenvalue weighted by Gasteiger charge is -2.28. The van der Waals surface area contributed by atoms with Gasteiger partial charge >= 0.3 is 12.1 Å². The molecule has 0 aliphatic rings. The van der Waals surface area contributed by atoms with Gasteiger partial charge in [-0.05, 0) is 35.9 Å². The van der Waals surface area contributed by atoms with E-state index in [9.17, 15) is 18.8 Å². The zero-order chi connectivity index (χ0) is 28.2. The molecule has 1 atom stereocenters. The Bertz CT molecular complexity index is 1290. The van der Waals surface area contributed by atoms with Crippen molar-refractivity contribution in [1.29, 1.82) is 0 Å². The van der Waals surface area contributed by atoms with Crippen molar-refractivity contribution in [2.24, 2.45) is 0 Å². The highest BCUT2D eigenvalue weighted by Crippen LogP contribution is 2.20. The molecule has 0 saturated carbocycles. The van der Waals surface area contributed by atoms with Crippen LogP contribution >= 0.6 is 11.6 Å². The number of pyridine rings is 1. The Balaban J connectivity index is 1.60. The molecular weight excluding hydrogens is 529 g/mol. The van der Waals surface area contributed by atoms with Gasteiger partial charge in [0.15, 0.2) is 0 Å². The van der Waals surface area contributed by atoms with Crippen molar-refractivity contribution < 1.29 is 28.6 Å². The van der Waals surface area contributed by atoms with E-state index >= 15 is 0 Å². The Morgan fingerprint density at radius 1 is 1.13 bits per heavy atom. The van der Waals surface area contributed by atoms with Gasteiger partial charge in [-0.2, -0.15) is 0 Å². The summed E-state index contributed by atoms with van der Waals surface area (Å²) in [6.07, 6.45) is 1.53. The van der Waals surface area contributed by atoms with E-state index in [-0.39, 0.29) is 43.5 Å². The van der Waals surface area contributed by atoms with Crippen LogP contribution in [0.2, 0.25) is 5.02 Å². The number of likely N-dealkylation sites (N-methyl/N-ethyl adjacent to an activating group) is 1. The number of rotatable bonds is 12. The monoisotopic (exact) mass is 559 g/mol. The van der Waals surface area contributed by atoms with E-state index in [1.54, 1.807) is 18.3 Å². The maximum atomic E-state index is 13.7. The third-order valence-electron chi connectivity index (χ3n) is 5.96.